The first-order chi connectivity index (χ1) is 13.9. The zero-order chi connectivity index (χ0) is 18.8. The zero-order valence-corrected chi connectivity index (χ0v) is 15.2. The van der Waals surface area contributed by atoms with Gasteiger partial charge in [-0.25, -0.2) is 15.0 Å². The van der Waals surface area contributed by atoms with Crippen LogP contribution in [0.3, 0.4) is 0 Å². The fourth-order valence-corrected chi connectivity index (χ4v) is 3.48. The summed E-state index contributed by atoms with van der Waals surface area (Å²) in [7, 11) is 0. The molecular weight excluding hydrogens is 344 g/mol. The van der Waals surface area contributed by atoms with Gasteiger partial charge < -0.3 is 5.32 Å². The van der Waals surface area contributed by atoms with Crippen LogP contribution in [0.4, 0.5) is 5.82 Å². The van der Waals surface area contributed by atoms with Gasteiger partial charge in [0, 0.05) is 22.9 Å². The number of aromatic nitrogens is 3. The molecule has 134 valence electrons. The van der Waals surface area contributed by atoms with Gasteiger partial charge in [-0.15, -0.1) is 0 Å². The third kappa shape index (κ3) is 2.95. The minimum Gasteiger partial charge on any atom is -0.364 e. The van der Waals surface area contributed by atoms with Crippen molar-refractivity contribution in [3.05, 3.63) is 96.8 Å². The second-order valence-corrected chi connectivity index (χ2v) is 6.63. The Kier molecular flexibility index (Phi) is 4.14. The van der Waals surface area contributed by atoms with Gasteiger partial charge >= 0.3 is 0 Å². The molecule has 0 amide bonds. The van der Waals surface area contributed by atoms with Crippen molar-refractivity contribution in [2.75, 3.05) is 5.32 Å². The van der Waals surface area contributed by atoms with Gasteiger partial charge in [-0.2, -0.15) is 0 Å². The van der Waals surface area contributed by atoms with Gasteiger partial charge in [0.15, 0.2) is 5.82 Å². The molecule has 0 atom stereocenters. The number of nitrogens with zero attached hydrogens (tertiary/aromatic N) is 3. The number of rotatable bonds is 4. The SMILES string of the molecule is c1ccc(CNc2ncnc3c2nc(-c2ccccc2)c2ccccc23)cc1. The lowest BCUT2D eigenvalue weighted by atomic mass is 10.0. The second kappa shape index (κ2) is 7.08. The minimum atomic E-state index is 0.683. The first-order valence-electron chi connectivity index (χ1n) is 9.27. The molecule has 4 nitrogen and oxygen atoms in total. The van der Waals surface area contributed by atoms with Crippen molar-refractivity contribution in [2.24, 2.45) is 0 Å². The Hall–Kier alpha value is -3.79. The van der Waals surface area contributed by atoms with Crippen LogP contribution < -0.4 is 5.32 Å². The number of fused-ring (bicyclic) bond motifs is 3. The lowest BCUT2D eigenvalue weighted by Gasteiger charge is -2.12. The van der Waals surface area contributed by atoms with Crippen LogP contribution in [0.15, 0.2) is 91.3 Å². The summed E-state index contributed by atoms with van der Waals surface area (Å²) >= 11 is 0. The van der Waals surface area contributed by atoms with Crippen LogP contribution in [0, 0.1) is 0 Å². The van der Waals surface area contributed by atoms with Crippen LogP contribution in [0.25, 0.3) is 33.1 Å². The van der Waals surface area contributed by atoms with E-state index in [4.69, 9.17) is 4.98 Å². The van der Waals surface area contributed by atoms with Crippen molar-refractivity contribution >= 4 is 27.6 Å². The lowest BCUT2D eigenvalue weighted by molar-refractivity contribution is 1.10. The van der Waals surface area contributed by atoms with E-state index >= 15 is 0 Å². The van der Waals surface area contributed by atoms with Crippen LogP contribution in [-0.2, 0) is 6.54 Å². The molecule has 1 N–H and O–H groups in total. The standard InChI is InChI=1S/C24H18N4/c1-3-9-17(10-4-1)15-25-24-23-22(26-16-27-24)20-14-8-7-13-19(20)21(28-23)18-11-5-2-6-12-18/h1-14,16H,15H2,(H,25,26,27). The third-order valence-electron chi connectivity index (χ3n) is 4.83. The Morgan fingerprint density at radius 2 is 1.32 bits per heavy atom. The number of hydrogen-bond donors (Lipinski definition) is 1. The Morgan fingerprint density at radius 1 is 0.643 bits per heavy atom. The van der Waals surface area contributed by atoms with Crippen LogP contribution in [0.2, 0.25) is 0 Å². The van der Waals surface area contributed by atoms with Crippen LogP contribution in [-0.4, -0.2) is 15.0 Å². The fourth-order valence-electron chi connectivity index (χ4n) is 3.48. The maximum Gasteiger partial charge on any atom is 0.156 e. The minimum absolute atomic E-state index is 0.683. The molecule has 0 saturated carbocycles. The molecule has 0 saturated heterocycles. The van der Waals surface area contributed by atoms with Gasteiger partial charge in [-0.1, -0.05) is 84.9 Å². The van der Waals surface area contributed by atoms with Gasteiger partial charge in [-0.3, -0.25) is 0 Å². The highest BCUT2D eigenvalue weighted by molar-refractivity contribution is 6.11. The van der Waals surface area contributed by atoms with E-state index in [9.17, 15) is 0 Å². The maximum absolute atomic E-state index is 5.00. The van der Waals surface area contributed by atoms with E-state index in [0.717, 1.165) is 38.9 Å². The van der Waals surface area contributed by atoms with Crippen molar-refractivity contribution in [1.29, 1.82) is 0 Å². The number of pyridine rings is 1. The molecule has 0 bridgehead atoms. The van der Waals surface area contributed by atoms with Gasteiger partial charge in [0.05, 0.1) is 5.69 Å². The molecule has 3 aromatic carbocycles. The summed E-state index contributed by atoms with van der Waals surface area (Å²) in [5.41, 5.74) is 4.87. The van der Waals surface area contributed by atoms with Crippen LogP contribution in [0.5, 0.6) is 0 Å². The van der Waals surface area contributed by atoms with E-state index in [1.165, 1.54) is 5.56 Å². The quantitative estimate of drug-likeness (QED) is 0.432. The maximum atomic E-state index is 5.00. The van der Waals surface area contributed by atoms with Crippen molar-refractivity contribution in [3.8, 4) is 11.3 Å². The molecule has 4 heteroatoms. The highest BCUT2D eigenvalue weighted by Crippen LogP contribution is 2.33. The third-order valence-corrected chi connectivity index (χ3v) is 4.83. The predicted molar refractivity (Wildman–Crippen MR) is 114 cm³/mol. The predicted octanol–water partition coefficient (Wildman–Crippen LogP) is 5.46. The Labute approximate surface area is 162 Å². The highest BCUT2D eigenvalue weighted by Gasteiger charge is 2.14. The topological polar surface area (TPSA) is 50.7 Å². The number of anilines is 1. The van der Waals surface area contributed by atoms with Crippen LogP contribution >= 0.6 is 0 Å². The Bertz CT molecular complexity index is 1250. The normalized spacial score (nSPS) is 11.0. The van der Waals surface area contributed by atoms with Gasteiger partial charge in [-0.05, 0) is 5.56 Å². The van der Waals surface area contributed by atoms with E-state index in [2.05, 4.69) is 51.7 Å². The second-order valence-electron chi connectivity index (χ2n) is 6.63. The molecule has 28 heavy (non-hydrogen) atoms. The number of hydrogen-bond acceptors (Lipinski definition) is 4. The summed E-state index contributed by atoms with van der Waals surface area (Å²) in [5, 5.41) is 5.61. The Balaban J connectivity index is 1.70. The molecule has 2 heterocycles. The first kappa shape index (κ1) is 16.4. The molecule has 2 aromatic heterocycles. The van der Waals surface area contributed by atoms with Crippen molar-refractivity contribution < 1.29 is 0 Å². The molecule has 0 spiro atoms. The molecule has 0 aliphatic rings. The van der Waals surface area contributed by atoms with E-state index in [-0.39, 0.29) is 0 Å². The highest BCUT2D eigenvalue weighted by atomic mass is 15.0. The summed E-state index contributed by atoms with van der Waals surface area (Å²) in [6.07, 6.45) is 1.60. The van der Waals surface area contributed by atoms with E-state index in [1.807, 2.05) is 48.5 Å². The zero-order valence-electron chi connectivity index (χ0n) is 15.2. The molecule has 0 fully saturated rings. The number of nitrogens with one attached hydrogen (secondary N) is 1. The fraction of sp³-hybridized carbons (Fsp3) is 0.0417. The average molecular weight is 362 g/mol. The van der Waals surface area contributed by atoms with Gasteiger partial charge in [0.2, 0.25) is 0 Å². The molecular formula is C24H18N4. The monoisotopic (exact) mass is 362 g/mol. The molecule has 0 aliphatic heterocycles. The smallest absolute Gasteiger partial charge is 0.156 e. The van der Waals surface area contributed by atoms with Crippen molar-refractivity contribution in [2.45, 2.75) is 6.54 Å². The summed E-state index contributed by atoms with van der Waals surface area (Å²) < 4.78 is 0. The summed E-state index contributed by atoms with van der Waals surface area (Å²) in [4.78, 5) is 14.0. The van der Waals surface area contributed by atoms with Crippen molar-refractivity contribution in [3.63, 3.8) is 0 Å². The largest absolute Gasteiger partial charge is 0.364 e. The molecule has 0 aliphatic carbocycles. The summed E-state index contributed by atoms with van der Waals surface area (Å²) in [6.45, 7) is 0.683. The van der Waals surface area contributed by atoms with Crippen molar-refractivity contribution in [1.82, 2.24) is 15.0 Å². The van der Waals surface area contributed by atoms with Gasteiger partial charge in [0.25, 0.3) is 0 Å². The van der Waals surface area contributed by atoms with Crippen LogP contribution in [0.1, 0.15) is 5.56 Å². The van der Waals surface area contributed by atoms with E-state index in [0.29, 0.717) is 6.54 Å². The van der Waals surface area contributed by atoms with Gasteiger partial charge in [0.1, 0.15) is 17.4 Å². The molecule has 5 rings (SSSR count). The van der Waals surface area contributed by atoms with E-state index < -0.39 is 0 Å². The molecule has 0 unspecified atom stereocenters. The van der Waals surface area contributed by atoms with E-state index in [1.54, 1.807) is 6.33 Å². The first-order valence-corrected chi connectivity index (χ1v) is 9.27. The lowest BCUT2D eigenvalue weighted by Crippen LogP contribution is -2.04. The summed E-state index contributed by atoms with van der Waals surface area (Å²) in [6, 6.07) is 28.8. The Morgan fingerprint density at radius 3 is 2.11 bits per heavy atom. The molecule has 0 radical (unpaired) electrons. The summed E-state index contributed by atoms with van der Waals surface area (Å²) in [5.74, 6) is 0.747. The molecule has 5 aromatic rings. The average Bonchev–Trinajstić information content (AvgIpc) is 2.78. The number of benzene rings is 3.